The lowest BCUT2D eigenvalue weighted by Gasteiger charge is -2.42. The monoisotopic (exact) mass is 1300 g/mol. The lowest BCUT2D eigenvalue weighted by molar-refractivity contribution is -0.198. The van der Waals surface area contributed by atoms with E-state index in [4.69, 9.17) is 72.3 Å². The number of hydroxylamine groups is 2. The zero-order valence-corrected chi connectivity index (χ0v) is 53.4. The van der Waals surface area contributed by atoms with Crippen LogP contribution in [0.1, 0.15) is 85.1 Å². The number of imide groups is 1. The van der Waals surface area contributed by atoms with Gasteiger partial charge in [-0.25, -0.2) is 19.2 Å². The first kappa shape index (κ1) is 71.5. The number of nitrogens with two attached hydrogens (primary N) is 1. The molecule has 11 N–H and O–H groups in total. The highest BCUT2D eigenvalue weighted by Gasteiger charge is 2.64. The maximum absolute atomic E-state index is 14.2. The van der Waals surface area contributed by atoms with Gasteiger partial charge in [0.2, 0.25) is 11.8 Å². The van der Waals surface area contributed by atoms with Gasteiger partial charge in [-0.2, -0.15) is 0 Å². The normalized spacial score (nSPS) is 24.9. The number of alkyl carbamates (subject to hydrolysis) is 1. The zero-order chi connectivity index (χ0) is 66.0. The second-order valence-electron chi connectivity index (χ2n) is 22.5. The molecule has 2 aromatic rings. The third kappa shape index (κ3) is 19.7. The molecular weight excluding hydrogens is 1220 g/mol. The summed E-state index contributed by atoms with van der Waals surface area (Å²) in [7, 11) is 5.84. The van der Waals surface area contributed by atoms with Crippen molar-refractivity contribution >= 4 is 93.8 Å². The topological polar surface area (TPSA) is 380 Å². The van der Waals surface area contributed by atoms with Crippen molar-refractivity contribution in [2.75, 3.05) is 83.4 Å². The molecule has 1 unspecified atom stereocenters. The number of aliphatic hydroxyl groups is 2. The summed E-state index contributed by atoms with van der Waals surface area (Å²) < 4.78 is 46.2. The van der Waals surface area contributed by atoms with Crippen LogP contribution >= 0.6 is 23.8 Å². The number of epoxide rings is 1. The summed E-state index contributed by atoms with van der Waals surface area (Å²) in [6.45, 7) is 9.71. The van der Waals surface area contributed by atoms with Gasteiger partial charge in [0.05, 0.1) is 64.5 Å². The molecule has 6 rings (SSSR count). The average molecular weight is 1300 g/mol. The summed E-state index contributed by atoms with van der Waals surface area (Å²) in [4.78, 5) is 108. The highest BCUT2D eigenvalue weighted by molar-refractivity contribution is 7.80. The number of rotatable bonds is 25. The smallest absolute Gasteiger partial charge is 0.412 e. The molecule has 0 saturated carbocycles. The van der Waals surface area contributed by atoms with E-state index < -0.39 is 108 Å². The number of ether oxygens (including phenoxy) is 8. The average Bonchev–Trinajstić information content (AvgIpc) is 1.57. The van der Waals surface area contributed by atoms with Crippen LogP contribution in [0, 0.1) is 11.8 Å². The predicted octanol–water partition coefficient (Wildman–Crippen LogP) is 3.56. The molecule has 31 heteroatoms. The van der Waals surface area contributed by atoms with E-state index in [1.807, 2.05) is 19.1 Å². The van der Waals surface area contributed by atoms with E-state index >= 15 is 0 Å². The van der Waals surface area contributed by atoms with Gasteiger partial charge in [-0.1, -0.05) is 56.2 Å². The lowest BCUT2D eigenvalue weighted by atomic mass is 9.83. The van der Waals surface area contributed by atoms with E-state index in [9.17, 15) is 48.6 Å². The number of anilines is 3. The number of carbonyl (C=O) groups excluding carboxylic acids is 8. The maximum Gasteiger partial charge on any atom is 0.412 e. The van der Waals surface area contributed by atoms with Crippen molar-refractivity contribution in [2.45, 2.75) is 140 Å². The number of hydrogen-bond acceptors (Lipinski definition) is 21. The minimum absolute atomic E-state index is 0.0106. The van der Waals surface area contributed by atoms with Gasteiger partial charge in [-0.3, -0.25) is 29.8 Å². The van der Waals surface area contributed by atoms with E-state index in [1.165, 1.54) is 44.4 Å². The van der Waals surface area contributed by atoms with Crippen molar-refractivity contribution in [3.05, 3.63) is 64.7 Å². The molecule has 0 aliphatic carbocycles. The number of nitrogens with one attached hydrogen (secondary N) is 7. The summed E-state index contributed by atoms with van der Waals surface area (Å²) in [6.07, 6.45) is -1.79. The molecule has 90 heavy (non-hydrogen) atoms. The molecule has 0 radical (unpaired) electrons. The number of amides is 8. The molecule has 4 heterocycles. The largest absolute Gasteiger partial charge is 0.495 e. The summed E-state index contributed by atoms with van der Waals surface area (Å²) in [5.74, 6) is -3.68. The molecule has 4 aliphatic heterocycles. The summed E-state index contributed by atoms with van der Waals surface area (Å²) in [5.41, 5.74) is 4.47. The molecule has 0 spiro atoms. The molecule has 496 valence electrons. The summed E-state index contributed by atoms with van der Waals surface area (Å²) >= 11 is 12.4. The van der Waals surface area contributed by atoms with E-state index in [0.29, 0.717) is 22.9 Å². The maximum atomic E-state index is 14.2. The predicted molar refractivity (Wildman–Crippen MR) is 330 cm³/mol. The summed E-state index contributed by atoms with van der Waals surface area (Å²) in [5, 5.41) is 44.0. The van der Waals surface area contributed by atoms with Crippen LogP contribution < -0.4 is 57.3 Å². The van der Waals surface area contributed by atoms with Crippen LogP contribution in [0.5, 0.6) is 11.5 Å². The van der Waals surface area contributed by atoms with Crippen molar-refractivity contribution in [2.24, 2.45) is 17.6 Å². The Balaban J connectivity index is 1.10. The number of carbonyl (C=O) groups is 8. The number of hydrogen-bond donors (Lipinski definition) is 10. The van der Waals surface area contributed by atoms with Gasteiger partial charge < -0.3 is 90.2 Å². The number of benzene rings is 2. The van der Waals surface area contributed by atoms with Crippen LogP contribution in [0.15, 0.2) is 54.1 Å². The van der Waals surface area contributed by atoms with Gasteiger partial charge in [0.15, 0.2) is 10.8 Å². The van der Waals surface area contributed by atoms with Gasteiger partial charge in [-0.15, -0.1) is 5.06 Å². The van der Waals surface area contributed by atoms with E-state index in [-0.39, 0.29) is 118 Å². The molecule has 0 aromatic heterocycles. The van der Waals surface area contributed by atoms with Crippen molar-refractivity contribution in [3.8, 4) is 11.5 Å². The van der Waals surface area contributed by atoms with Crippen molar-refractivity contribution in [1.82, 2.24) is 31.6 Å². The fraction of sp³-hybridized carbons (Fsp3) is 0.576. The minimum Gasteiger partial charge on any atom is -0.495 e. The van der Waals surface area contributed by atoms with E-state index in [0.717, 1.165) is 11.1 Å². The Kier molecular flexibility index (Phi) is 26.2. The van der Waals surface area contributed by atoms with Crippen LogP contribution in [0.3, 0.4) is 0 Å². The number of nitrogens with zero attached hydrogens (tertiary/aromatic N) is 2. The van der Waals surface area contributed by atoms with Gasteiger partial charge in [-0.05, 0) is 81.1 Å². The Bertz CT molecular complexity index is 2980. The Morgan fingerprint density at radius 3 is 2.30 bits per heavy atom. The Hall–Kier alpha value is -7.58. The highest BCUT2D eigenvalue weighted by Crippen LogP contribution is 2.50. The first-order valence-electron chi connectivity index (χ1n) is 29.3. The van der Waals surface area contributed by atoms with Crippen LogP contribution in [0.25, 0.3) is 0 Å². The lowest BCUT2D eigenvalue weighted by Crippen LogP contribution is -2.63. The van der Waals surface area contributed by atoms with Crippen LogP contribution in [-0.2, 0) is 63.7 Å². The molecular formula is C59H83ClN10O19S. The Morgan fingerprint density at radius 2 is 1.63 bits per heavy atom. The number of primary amides is 1. The van der Waals surface area contributed by atoms with Crippen LogP contribution in [0.2, 0.25) is 5.02 Å². The number of halogens is 1. The second-order valence-corrected chi connectivity index (χ2v) is 23.3. The molecule has 2 aromatic carbocycles. The quantitative estimate of drug-likeness (QED) is 0.0294. The van der Waals surface area contributed by atoms with Gasteiger partial charge in [0.1, 0.15) is 58.7 Å². The van der Waals surface area contributed by atoms with Gasteiger partial charge in [0.25, 0.3) is 11.8 Å². The molecule has 29 nitrogen and oxygen atoms in total. The number of fused-ring (bicyclic) bond motifs is 5. The number of aliphatic hydroxyl groups excluding tert-OH is 1. The van der Waals surface area contributed by atoms with Crippen molar-refractivity contribution in [3.63, 3.8) is 0 Å². The fourth-order valence-electron chi connectivity index (χ4n) is 10.4. The number of methoxy groups -OCH3 is 3. The molecule has 4 aliphatic rings. The van der Waals surface area contributed by atoms with Crippen molar-refractivity contribution < 1.29 is 91.3 Å². The third-order valence-corrected chi connectivity index (χ3v) is 16.1. The number of urea groups is 1. The van der Waals surface area contributed by atoms with Gasteiger partial charge >= 0.3 is 24.2 Å². The number of thiocarbonyl (C=S) groups is 1. The van der Waals surface area contributed by atoms with Crippen LogP contribution in [-0.4, -0.2) is 190 Å². The Morgan fingerprint density at radius 1 is 0.933 bits per heavy atom. The van der Waals surface area contributed by atoms with Gasteiger partial charge in [0, 0.05) is 70.6 Å². The molecule has 10 atom stereocenters. The Labute approximate surface area is 531 Å². The fourth-order valence-corrected chi connectivity index (χ4v) is 10.9. The second kappa shape index (κ2) is 32.9. The molecule has 3 saturated heterocycles. The van der Waals surface area contributed by atoms with Crippen molar-refractivity contribution in [1.29, 1.82) is 0 Å². The van der Waals surface area contributed by atoms with Crippen LogP contribution in [0.4, 0.5) is 31.4 Å². The third-order valence-electron chi connectivity index (χ3n) is 15.5. The molecule has 8 amide bonds. The highest BCUT2D eigenvalue weighted by atomic mass is 35.5. The molecule has 4 bridgehead atoms. The van der Waals surface area contributed by atoms with E-state index in [2.05, 4.69) is 37.2 Å². The standard InChI is InChI=1S/C59H83ClN10O19S/c1-32(2)50(67-55(90)63-21-23-85-25-24-84-22-19-48(74)89-70-45(71)17-18-46(70)72)53(76)65-38(13-11-20-62-54(61)77)52(75)64-36-15-16-37(40(29-36)81-7)66-56(78)87-44-30-47(73)69(6)39-27-35(28-41(82-8)49(39)60)26-33(3)12-10-14-43(83-9)59(80)31-42(86-57(79)68-59)34(4)51-58(44,5)88-51/h10,12,14-16,27-29,32,34,38,42-44,47,50-51,73,80H,11,13,17-26,30-31H2,1-9H3,(H,64,75)(H,65,76)(H,66,78)(H,68,79)(H3,61,62,77)(H2,63,67,90)/b14-10+,33-12+/t34-,38+,42+,43-,44+,47?,50+,51+,58+,59+/m1/s1. The SMILES string of the molecule is COc1cc(NC(=O)[C@H](CCCNC(N)=O)NC(=O)[C@@H](NC(=S)NCCOCCOCCC(=O)ON2C(=O)CCC2=O)C(C)C)ccc1NC(=O)O[C@H]1CC(O)N(C)c2cc(cc(OC)c2Cl)C/C(C)=C/C=C/[C@@H](OC)[C@@]2(O)C[C@H](OC(=O)N2)[C@@H](C)[C@@H]2O[C@@]12C. The van der Waals surface area contributed by atoms with E-state index in [1.54, 1.807) is 53.0 Å². The first-order valence-corrected chi connectivity index (χ1v) is 30.1. The first-order chi connectivity index (χ1) is 42.7. The number of allylic oxidation sites excluding steroid dienone is 3. The summed E-state index contributed by atoms with van der Waals surface area (Å²) in [6, 6.07) is 5.08. The minimum atomic E-state index is -1.90. The zero-order valence-electron chi connectivity index (χ0n) is 51.8. The molecule has 3 fully saturated rings.